The van der Waals surface area contributed by atoms with E-state index in [-0.39, 0.29) is 4.47 Å². The van der Waals surface area contributed by atoms with E-state index in [4.69, 9.17) is 0 Å². The monoisotopic (exact) mass is 522 g/mol. The normalized spacial score (nSPS) is 11.9. The van der Waals surface area contributed by atoms with Gasteiger partial charge in [0.05, 0.1) is 32.2 Å². The van der Waals surface area contributed by atoms with Crippen molar-refractivity contribution in [2.75, 3.05) is 0 Å². The molecule has 2 heterocycles. The maximum Gasteiger partial charge on any atom is 0.142 e. The highest BCUT2D eigenvalue weighted by molar-refractivity contribution is 9.10. The zero-order valence-electron chi connectivity index (χ0n) is 18.3. The van der Waals surface area contributed by atoms with Crippen molar-refractivity contribution >= 4 is 59.5 Å². The van der Waals surface area contributed by atoms with Gasteiger partial charge in [0.25, 0.3) is 0 Å². The van der Waals surface area contributed by atoms with Gasteiger partial charge in [0.2, 0.25) is 0 Å². The first-order chi connectivity index (χ1) is 17.1. The van der Waals surface area contributed by atoms with Gasteiger partial charge in [0, 0.05) is 27.2 Å². The number of aromatic nitrogens is 2. The highest BCUT2D eigenvalue weighted by Crippen LogP contribution is 2.42. The summed E-state index contributed by atoms with van der Waals surface area (Å²) in [4.78, 5) is 0. The van der Waals surface area contributed by atoms with Gasteiger partial charge in [-0.1, -0.05) is 60.7 Å². The number of benzene rings is 5. The van der Waals surface area contributed by atoms with Crippen molar-refractivity contribution in [3.63, 3.8) is 0 Å². The van der Waals surface area contributed by atoms with Gasteiger partial charge in [-0.25, -0.2) is 8.78 Å². The van der Waals surface area contributed by atoms with E-state index in [1.807, 2.05) is 53.1 Å². The predicted molar refractivity (Wildman–Crippen MR) is 143 cm³/mol. The van der Waals surface area contributed by atoms with E-state index in [0.29, 0.717) is 5.69 Å². The maximum absolute atomic E-state index is 14.7. The van der Waals surface area contributed by atoms with Crippen LogP contribution < -0.4 is 0 Å². The molecule has 0 aliphatic heterocycles. The Balaban J connectivity index is 1.75. The van der Waals surface area contributed by atoms with Gasteiger partial charge in [0.1, 0.15) is 11.6 Å². The fraction of sp³-hybridized carbons (Fsp3) is 0. The molecular formula is C30H17BrF2N2. The van der Waals surface area contributed by atoms with E-state index in [1.54, 1.807) is 0 Å². The van der Waals surface area contributed by atoms with E-state index in [9.17, 15) is 8.78 Å². The number of para-hydroxylation sites is 3. The van der Waals surface area contributed by atoms with E-state index < -0.39 is 11.6 Å². The number of fused-ring (bicyclic) bond motifs is 7. The van der Waals surface area contributed by atoms with Crippen molar-refractivity contribution in [1.82, 2.24) is 9.13 Å². The molecule has 5 heteroatoms. The van der Waals surface area contributed by atoms with Crippen molar-refractivity contribution in [2.24, 2.45) is 0 Å². The molecule has 2 aromatic heterocycles. The van der Waals surface area contributed by atoms with Gasteiger partial charge in [-0.15, -0.1) is 0 Å². The summed E-state index contributed by atoms with van der Waals surface area (Å²) in [5.74, 6) is -1.27. The Bertz CT molecular complexity index is 1910. The summed E-state index contributed by atoms with van der Waals surface area (Å²) in [5, 5.41) is 4.19. The van der Waals surface area contributed by atoms with Gasteiger partial charge >= 0.3 is 0 Å². The topological polar surface area (TPSA) is 9.86 Å². The Morgan fingerprint density at radius 2 is 1.11 bits per heavy atom. The lowest BCUT2D eigenvalue weighted by Gasteiger charge is -2.11. The molecule has 168 valence electrons. The highest BCUT2D eigenvalue weighted by Gasteiger charge is 2.21. The van der Waals surface area contributed by atoms with E-state index >= 15 is 0 Å². The van der Waals surface area contributed by atoms with Crippen molar-refractivity contribution in [3.05, 3.63) is 119 Å². The second-order valence-electron chi connectivity index (χ2n) is 8.62. The van der Waals surface area contributed by atoms with Crippen LogP contribution in [0.1, 0.15) is 0 Å². The van der Waals surface area contributed by atoms with Gasteiger partial charge in [0.15, 0.2) is 0 Å². The van der Waals surface area contributed by atoms with Gasteiger partial charge in [-0.05, 0) is 58.4 Å². The largest absolute Gasteiger partial charge is 0.309 e. The highest BCUT2D eigenvalue weighted by atomic mass is 79.9. The third kappa shape index (κ3) is 2.85. The molecule has 0 N–H and O–H groups in total. The van der Waals surface area contributed by atoms with Crippen LogP contribution in [0.2, 0.25) is 0 Å². The second-order valence-corrected chi connectivity index (χ2v) is 9.41. The Kier molecular flexibility index (Phi) is 4.39. The summed E-state index contributed by atoms with van der Waals surface area (Å²) >= 11 is 3.01. The molecule has 35 heavy (non-hydrogen) atoms. The van der Waals surface area contributed by atoms with Crippen LogP contribution in [0.25, 0.3) is 55.0 Å². The van der Waals surface area contributed by atoms with E-state index in [1.165, 1.54) is 12.1 Å². The van der Waals surface area contributed by atoms with E-state index in [2.05, 4.69) is 63.0 Å². The van der Waals surface area contributed by atoms with Gasteiger partial charge < -0.3 is 9.13 Å². The van der Waals surface area contributed by atoms with Crippen LogP contribution in [0, 0.1) is 11.6 Å². The maximum atomic E-state index is 14.7. The summed E-state index contributed by atoms with van der Waals surface area (Å²) in [6.45, 7) is 0. The molecule has 0 fully saturated rings. The lowest BCUT2D eigenvalue weighted by atomic mass is 10.1. The first-order valence-corrected chi connectivity index (χ1v) is 12.1. The van der Waals surface area contributed by atoms with Crippen LogP contribution in [-0.2, 0) is 0 Å². The van der Waals surface area contributed by atoms with Gasteiger partial charge in [-0.2, -0.15) is 0 Å². The first-order valence-electron chi connectivity index (χ1n) is 11.3. The van der Waals surface area contributed by atoms with Crippen molar-refractivity contribution in [2.45, 2.75) is 0 Å². The number of hydrogen-bond acceptors (Lipinski definition) is 0. The zero-order valence-corrected chi connectivity index (χ0v) is 19.9. The molecule has 5 aromatic carbocycles. The summed E-state index contributed by atoms with van der Waals surface area (Å²) in [5.41, 5.74) is 5.43. The average Bonchev–Trinajstić information content (AvgIpc) is 3.40. The number of rotatable bonds is 2. The summed E-state index contributed by atoms with van der Waals surface area (Å²) in [7, 11) is 0. The number of hydrogen-bond donors (Lipinski definition) is 0. The molecule has 0 unspecified atom stereocenters. The summed E-state index contributed by atoms with van der Waals surface area (Å²) < 4.78 is 33.5. The summed E-state index contributed by atoms with van der Waals surface area (Å²) in [6, 6.07) is 33.5. The Morgan fingerprint density at radius 1 is 0.514 bits per heavy atom. The molecule has 7 rings (SSSR count). The van der Waals surface area contributed by atoms with Crippen molar-refractivity contribution in [3.8, 4) is 11.4 Å². The Labute approximate surface area is 207 Å². The molecule has 0 aliphatic rings. The van der Waals surface area contributed by atoms with Crippen LogP contribution in [0.3, 0.4) is 0 Å². The van der Waals surface area contributed by atoms with Crippen LogP contribution in [0.5, 0.6) is 0 Å². The van der Waals surface area contributed by atoms with Gasteiger partial charge in [-0.3, -0.25) is 0 Å². The predicted octanol–water partition coefficient (Wildman–Crippen LogP) is 8.92. The van der Waals surface area contributed by atoms with Crippen LogP contribution in [0.15, 0.2) is 108 Å². The zero-order chi connectivity index (χ0) is 23.7. The fourth-order valence-corrected chi connectivity index (χ4v) is 5.53. The molecule has 0 radical (unpaired) electrons. The minimum atomic E-state index is -0.634. The SMILES string of the molecule is Fc1cc(-n2c3ccccc3c3ccc4c(c5ccccc5n4-c4ccccc4)c32)cc(F)c1Br. The minimum Gasteiger partial charge on any atom is -0.309 e. The average molecular weight is 523 g/mol. The van der Waals surface area contributed by atoms with Crippen LogP contribution in [0.4, 0.5) is 8.78 Å². The lowest BCUT2D eigenvalue weighted by molar-refractivity contribution is 0.570. The molecule has 7 aromatic rings. The molecular weight excluding hydrogens is 506 g/mol. The molecule has 0 aliphatic carbocycles. The molecule has 0 spiro atoms. The Hall–Kier alpha value is -3.96. The molecule has 0 atom stereocenters. The quantitative estimate of drug-likeness (QED) is 0.200. The molecule has 0 saturated heterocycles. The fourth-order valence-electron chi connectivity index (χ4n) is 5.30. The lowest BCUT2D eigenvalue weighted by Crippen LogP contribution is -1.98. The van der Waals surface area contributed by atoms with Crippen LogP contribution >= 0.6 is 15.9 Å². The summed E-state index contributed by atoms with van der Waals surface area (Å²) in [6.07, 6.45) is 0. The third-order valence-corrected chi connectivity index (χ3v) is 7.47. The standard InChI is InChI=1S/C30H17BrF2N2/c31-29-23(32)16-19(17-24(29)33)35-25-12-6-4-10-20(25)21-14-15-27-28(30(21)35)22-11-5-7-13-26(22)34(27)18-8-2-1-3-9-18/h1-17H. The smallest absolute Gasteiger partial charge is 0.142 e. The Morgan fingerprint density at radius 3 is 1.83 bits per heavy atom. The van der Waals surface area contributed by atoms with Crippen LogP contribution in [-0.4, -0.2) is 9.13 Å². The molecule has 0 amide bonds. The molecule has 0 saturated carbocycles. The number of nitrogens with zero attached hydrogens (tertiary/aromatic N) is 2. The van der Waals surface area contributed by atoms with E-state index in [0.717, 1.165) is 49.3 Å². The minimum absolute atomic E-state index is 0.159. The van der Waals surface area contributed by atoms with Crippen molar-refractivity contribution < 1.29 is 8.78 Å². The molecule has 0 bridgehead atoms. The van der Waals surface area contributed by atoms with Crippen molar-refractivity contribution in [1.29, 1.82) is 0 Å². The number of halogens is 3. The second kappa shape index (κ2) is 7.52. The third-order valence-electron chi connectivity index (χ3n) is 6.71. The molecule has 2 nitrogen and oxygen atoms in total. The first kappa shape index (κ1) is 20.4.